The smallest absolute Gasteiger partial charge is 0.320 e. The Bertz CT molecular complexity index is 528. The number of ether oxygens (including phenoxy) is 1. The molecule has 112 valence electrons. The number of rotatable bonds is 3. The highest BCUT2D eigenvalue weighted by Crippen LogP contribution is 2.21. The van der Waals surface area contributed by atoms with Crippen molar-refractivity contribution in [1.82, 2.24) is 10.2 Å². The first-order valence-electron chi connectivity index (χ1n) is 6.90. The maximum absolute atomic E-state index is 12.1. The molecule has 0 saturated carbocycles. The average Bonchev–Trinajstić information content (AvgIpc) is 2.50. The van der Waals surface area contributed by atoms with Crippen LogP contribution in [0.1, 0.15) is 12.8 Å². The Morgan fingerprint density at radius 1 is 1.33 bits per heavy atom. The summed E-state index contributed by atoms with van der Waals surface area (Å²) in [7, 11) is 3.60. The Morgan fingerprint density at radius 2 is 1.95 bits per heavy atom. The second-order valence-electron chi connectivity index (χ2n) is 5.30. The van der Waals surface area contributed by atoms with Gasteiger partial charge in [0, 0.05) is 18.8 Å². The van der Waals surface area contributed by atoms with Gasteiger partial charge in [-0.2, -0.15) is 5.26 Å². The zero-order chi connectivity index (χ0) is 15.3. The number of carbonyl (C=O) groups is 1. The van der Waals surface area contributed by atoms with Gasteiger partial charge < -0.3 is 20.3 Å². The molecule has 6 heteroatoms. The summed E-state index contributed by atoms with van der Waals surface area (Å²) in [6.45, 7) is 1.60. The van der Waals surface area contributed by atoms with Gasteiger partial charge in [0.15, 0.2) is 0 Å². The van der Waals surface area contributed by atoms with E-state index in [1.165, 1.54) is 0 Å². The molecule has 6 nitrogen and oxygen atoms in total. The molecule has 0 aliphatic carbocycles. The molecule has 0 spiro atoms. The highest BCUT2D eigenvalue weighted by atomic mass is 16.5. The molecule has 2 amide bonds. The van der Waals surface area contributed by atoms with Gasteiger partial charge in [0.05, 0.1) is 13.2 Å². The summed E-state index contributed by atoms with van der Waals surface area (Å²) in [5, 5.41) is 14.9. The van der Waals surface area contributed by atoms with Crippen LogP contribution in [0.3, 0.4) is 0 Å². The van der Waals surface area contributed by atoms with Crippen LogP contribution in [-0.4, -0.2) is 43.7 Å². The van der Waals surface area contributed by atoms with Crippen molar-refractivity contribution in [1.29, 1.82) is 5.26 Å². The zero-order valence-corrected chi connectivity index (χ0v) is 12.3. The minimum atomic E-state index is -0.775. The fourth-order valence-electron chi connectivity index (χ4n) is 2.32. The molecule has 0 unspecified atom stereocenters. The number of anilines is 1. The number of nitriles is 1. The highest BCUT2D eigenvalue weighted by molar-refractivity contribution is 5.90. The van der Waals surface area contributed by atoms with Crippen LogP contribution in [0.15, 0.2) is 24.3 Å². The lowest BCUT2D eigenvalue weighted by Crippen LogP contribution is -2.54. The molecule has 2 rings (SSSR count). The van der Waals surface area contributed by atoms with Crippen LogP contribution >= 0.6 is 0 Å². The molecule has 1 aromatic carbocycles. The van der Waals surface area contributed by atoms with E-state index in [9.17, 15) is 10.1 Å². The van der Waals surface area contributed by atoms with E-state index in [0.717, 1.165) is 18.8 Å². The third-order valence-electron chi connectivity index (χ3n) is 3.76. The Labute approximate surface area is 124 Å². The first kappa shape index (κ1) is 15.1. The number of hydrogen-bond acceptors (Lipinski definition) is 4. The number of nitrogens with one attached hydrogen (secondary N) is 2. The number of amides is 2. The van der Waals surface area contributed by atoms with Crippen molar-refractivity contribution in [2.24, 2.45) is 0 Å². The summed E-state index contributed by atoms with van der Waals surface area (Å²) in [5.74, 6) is 0.727. The summed E-state index contributed by atoms with van der Waals surface area (Å²) in [6.07, 6.45) is 1.27. The van der Waals surface area contributed by atoms with Crippen LogP contribution < -0.4 is 15.4 Å². The molecule has 0 radical (unpaired) electrons. The van der Waals surface area contributed by atoms with Gasteiger partial charge in [-0.05, 0) is 44.2 Å². The normalized spacial score (nSPS) is 17.6. The standard InChI is InChI=1S/C15H20N4O2/c1-19-9-7-15(11-16,8-10-19)18-14(20)17-12-3-5-13(21-2)6-4-12/h3-6H,7-10H2,1-2H3,(H2,17,18,20). The first-order chi connectivity index (χ1) is 10.1. The number of nitrogens with zero attached hydrogens (tertiary/aromatic N) is 2. The van der Waals surface area contributed by atoms with E-state index in [1.54, 1.807) is 31.4 Å². The lowest BCUT2D eigenvalue weighted by Gasteiger charge is -2.35. The maximum atomic E-state index is 12.1. The van der Waals surface area contributed by atoms with Crippen molar-refractivity contribution < 1.29 is 9.53 Å². The minimum Gasteiger partial charge on any atom is -0.497 e. The van der Waals surface area contributed by atoms with Crippen LogP contribution in [0.2, 0.25) is 0 Å². The van der Waals surface area contributed by atoms with E-state index < -0.39 is 5.54 Å². The lowest BCUT2D eigenvalue weighted by atomic mass is 9.89. The SMILES string of the molecule is COc1ccc(NC(=O)NC2(C#N)CCN(C)CC2)cc1. The summed E-state index contributed by atoms with van der Waals surface area (Å²) < 4.78 is 5.06. The van der Waals surface area contributed by atoms with Gasteiger partial charge in [-0.25, -0.2) is 4.79 Å². The summed E-state index contributed by atoms with van der Waals surface area (Å²) in [5.41, 5.74) is -0.113. The number of likely N-dealkylation sites (tertiary alicyclic amines) is 1. The molecule has 1 aromatic rings. The summed E-state index contributed by atoms with van der Waals surface area (Å²) in [4.78, 5) is 14.2. The van der Waals surface area contributed by atoms with Crippen LogP contribution in [0, 0.1) is 11.3 Å². The molecular weight excluding hydrogens is 268 g/mol. The second kappa shape index (κ2) is 6.46. The van der Waals surface area contributed by atoms with Gasteiger partial charge in [-0.1, -0.05) is 0 Å². The lowest BCUT2D eigenvalue weighted by molar-refractivity contribution is 0.193. The molecule has 0 atom stereocenters. The Kier molecular flexibility index (Phi) is 4.66. The quantitative estimate of drug-likeness (QED) is 0.889. The minimum absolute atomic E-state index is 0.355. The number of hydrogen-bond donors (Lipinski definition) is 2. The molecule has 0 aromatic heterocycles. The van der Waals surface area contributed by atoms with Gasteiger partial charge in [-0.15, -0.1) is 0 Å². The number of carbonyl (C=O) groups excluding carboxylic acids is 1. The molecular formula is C15H20N4O2. The number of urea groups is 1. The van der Waals surface area contributed by atoms with Crippen molar-refractivity contribution in [3.05, 3.63) is 24.3 Å². The Morgan fingerprint density at radius 3 is 2.48 bits per heavy atom. The Hall–Kier alpha value is -2.26. The van der Waals surface area contributed by atoms with Crippen LogP contribution in [-0.2, 0) is 0 Å². The average molecular weight is 288 g/mol. The maximum Gasteiger partial charge on any atom is 0.320 e. The van der Waals surface area contributed by atoms with Crippen molar-refractivity contribution in [3.8, 4) is 11.8 Å². The molecule has 1 aliphatic rings. The van der Waals surface area contributed by atoms with E-state index in [-0.39, 0.29) is 6.03 Å². The topological polar surface area (TPSA) is 77.4 Å². The predicted molar refractivity (Wildman–Crippen MR) is 80.2 cm³/mol. The molecule has 1 aliphatic heterocycles. The molecule has 0 bridgehead atoms. The highest BCUT2D eigenvalue weighted by Gasteiger charge is 2.35. The molecule has 1 fully saturated rings. The van der Waals surface area contributed by atoms with Crippen molar-refractivity contribution in [2.75, 3.05) is 32.6 Å². The second-order valence-corrected chi connectivity index (χ2v) is 5.30. The van der Waals surface area contributed by atoms with Gasteiger partial charge in [0.2, 0.25) is 0 Å². The van der Waals surface area contributed by atoms with Crippen molar-refractivity contribution in [2.45, 2.75) is 18.4 Å². The number of piperidine rings is 1. The number of methoxy groups -OCH3 is 1. The van der Waals surface area contributed by atoms with Gasteiger partial charge in [0.1, 0.15) is 11.3 Å². The van der Waals surface area contributed by atoms with E-state index in [2.05, 4.69) is 21.6 Å². The number of benzene rings is 1. The van der Waals surface area contributed by atoms with Crippen molar-refractivity contribution in [3.63, 3.8) is 0 Å². The van der Waals surface area contributed by atoms with E-state index in [0.29, 0.717) is 18.5 Å². The molecule has 2 N–H and O–H groups in total. The molecule has 21 heavy (non-hydrogen) atoms. The monoisotopic (exact) mass is 288 g/mol. The van der Waals surface area contributed by atoms with Gasteiger partial charge in [0.25, 0.3) is 0 Å². The van der Waals surface area contributed by atoms with Gasteiger partial charge in [-0.3, -0.25) is 0 Å². The van der Waals surface area contributed by atoms with Crippen LogP contribution in [0.25, 0.3) is 0 Å². The summed E-state index contributed by atoms with van der Waals surface area (Å²) >= 11 is 0. The fraction of sp³-hybridized carbons (Fsp3) is 0.467. The third kappa shape index (κ3) is 3.86. The van der Waals surface area contributed by atoms with E-state index in [1.807, 2.05) is 7.05 Å². The van der Waals surface area contributed by atoms with Crippen molar-refractivity contribution >= 4 is 11.7 Å². The third-order valence-corrected chi connectivity index (χ3v) is 3.76. The van der Waals surface area contributed by atoms with E-state index >= 15 is 0 Å². The van der Waals surface area contributed by atoms with Crippen LogP contribution in [0.5, 0.6) is 5.75 Å². The fourth-order valence-corrected chi connectivity index (χ4v) is 2.32. The summed E-state index contributed by atoms with van der Waals surface area (Å²) in [6, 6.07) is 8.95. The van der Waals surface area contributed by atoms with Gasteiger partial charge >= 0.3 is 6.03 Å². The molecule has 1 heterocycles. The molecule has 1 saturated heterocycles. The Balaban J connectivity index is 1.95. The van der Waals surface area contributed by atoms with E-state index in [4.69, 9.17) is 4.74 Å². The zero-order valence-electron chi connectivity index (χ0n) is 12.3. The van der Waals surface area contributed by atoms with Crippen LogP contribution in [0.4, 0.5) is 10.5 Å². The predicted octanol–water partition coefficient (Wildman–Crippen LogP) is 1.80. The first-order valence-corrected chi connectivity index (χ1v) is 6.90. The largest absolute Gasteiger partial charge is 0.497 e.